The van der Waals surface area contributed by atoms with E-state index in [-0.39, 0.29) is 49.1 Å². The highest BCUT2D eigenvalue weighted by atomic mass is 16.6. The number of benzene rings is 3. The highest BCUT2D eigenvalue weighted by molar-refractivity contribution is 5.98. The number of carbonyl (C=O) groups is 5. The van der Waals surface area contributed by atoms with Gasteiger partial charge in [-0.25, -0.2) is 0 Å². The average molecular weight is 828 g/mol. The van der Waals surface area contributed by atoms with Gasteiger partial charge < -0.3 is 40.6 Å². The van der Waals surface area contributed by atoms with Crippen molar-refractivity contribution in [2.45, 2.75) is 102 Å². The first-order valence-corrected chi connectivity index (χ1v) is 20.6. The number of nitrogens with two attached hydrogens (primary N) is 1. The van der Waals surface area contributed by atoms with Gasteiger partial charge >= 0.3 is 0 Å². The zero-order chi connectivity index (χ0) is 43.5. The summed E-state index contributed by atoms with van der Waals surface area (Å²) in [5.74, 6) is -0.853. The predicted molar refractivity (Wildman–Crippen MR) is 226 cm³/mol. The fourth-order valence-electron chi connectivity index (χ4n) is 6.66. The summed E-state index contributed by atoms with van der Waals surface area (Å²) in [5, 5.41) is 8.45. The Morgan fingerprint density at radius 1 is 0.700 bits per heavy atom. The number of hydrogen-bond donors (Lipinski definition) is 4. The summed E-state index contributed by atoms with van der Waals surface area (Å²) in [4.78, 5) is 67.0. The first kappa shape index (κ1) is 46.1. The van der Waals surface area contributed by atoms with Crippen LogP contribution in [-0.2, 0) is 57.4 Å². The van der Waals surface area contributed by atoms with Crippen LogP contribution >= 0.6 is 0 Å². The second-order valence-electron chi connectivity index (χ2n) is 17.1. The van der Waals surface area contributed by atoms with E-state index >= 15 is 0 Å². The van der Waals surface area contributed by atoms with Gasteiger partial charge in [0, 0.05) is 19.5 Å². The third kappa shape index (κ3) is 14.3. The molecule has 3 aliphatic heterocycles. The van der Waals surface area contributed by atoms with E-state index in [9.17, 15) is 24.0 Å². The number of amides is 3. The lowest BCUT2D eigenvalue weighted by atomic mass is 9.94. The maximum Gasteiger partial charge on any atom is 0.243 e. The molecular formula is C46H61N5O9. The standard InChI is InChI=1S/C34H46N4O7.C12H15NO2/c1-23(35-29(39)21-38-15-17-43-18-16-38)31(41)37-28(20-25-11-13-26(14-12-25)45-33(2,3)4)32(42)36-27(30(40)34(5)22-44-34)19-24-9-7-6-8-10-24;1-12(8-15-12)11(14)10(13)7-9-5-3-2-4-6-9/h6-14,23,27-28H,15-22H2,1-5H3,(H,35,39)(H,36,42)(H,37,41);2-6,10H,7-8,13H2,1H3/t23-,27-,28?,34+;10?,12-/m01/s1. The summed E-state index contributed by atoms with van der Waals surface area (Å²) in [6.45, 7) is 14.3. The van der Waals surface area contributed by atoms with Crippen LogP contribution in [0.25, 0.3) is 0 Å². The molecule has 0 spiro atoms. The molecule has 3 aromatic rings. The van der Waals surface area contributed by atoms with Crippen molar-refractivity contribution < 1.29 is 42.9 Å². The summed E-state index contributed by atoms with van der Waals surface area (Å²) < 4.78 is 21.8. The van der Waals surface area contributed by atoms with Crippen molar-refractivity contribution in [1.82, 2.24) is 20.9 Å². The van der Waals surface area contributed by atoms with Crippen LogP contribution in [0, 0.1) is 0 Å². The molecule has 3 aliphatic rings. The summed E-state index contributed by atoms with van der Waals surface area (Å²) in [6, 6.07) is 23.3. The van der Waals surface area contributed by atoms with Crippen LogP contribution in [0.2, 0.25) is 0 Å². The zero-order valence-corrected chi connectivity index (χ0v) is 35.7. The SMILES string of the molecule is C[C@H](NC(=O)CN1CCOCC1)C(=O)NC(Cc1ccc(OC(C)(C)C)cc1)C(=O)N[C@@H](Cc1ccccc1)C(=O)[C@@]1(C)CO1.C[C@]1(C(=O)C(N)Cc2ccccc2)CO1. The fraction of sp³-hybridized carbons (Fsp3) is 0.500. The Labute approximate surface area is 353 Å². The molecule has 3 amide bonds. The van der Waals surface area contributed by atoms with E-state index in [1.54, 1.807) is 20.8 Å². The minimum Gasteiger partial charge on any atom is -0.488 e. The summed E-state index contributed by atoms with van der Waals surface area (Å²) in [7, 11) is 0. The Balaban J connectivity index is 0.000000379. The smallest absolute Gasteiger partial charge is 0.243 e. The quantitative estimate of drug-likeness (QED) is 0.138. The first-order valence-electron chi connectivity index (χ1n) is 20.6. The molecule has 0 radical (unpaired) electrons. The Bertz CT molecular complexity index is 1910. The second kappa shape index (κ2) is 20.5. The predicted octanol–water partition coefficient (Wildman–Crippen LogP) is 2.73. The molecule has 3 heterocycles. The first-order chi connectivity index (χ1) is 28.4. The maximum atomic E-state index is 13.8. The van der Waals surface area contributed by atoms with Gasteiger partial charge in [0.15, 0.2) is 11.6 Å². The molecule has 0 bridgehead atoms. The number of morpholine rings is 1. The van der Waals surface area contributed by atoms with Crippen molar-refractivity contribution >= 4 is 29.3 Å². The van der Waals surface area contributed by atoms with Crippen molar-refractivity contribution in [2.24, 2.45) is 5.73 Å². The van der Waals surface area contributed by atoms with Crippen molar-refractivity contribution in [1.29, 1.82) is 0 Å². The number of carbonyl (C=O) groups excluding carboxylic acids is 5. The molecule has 60 heavy (non-hydrogen) atoms. The monoisotopic (exact) mass is 827 g/mol. The number of rotatable bonds is 18. The van der Waals surface area contributed by atoms with Gasteiger partial charge in [-0.3, -0.25) is 28.9 Å². The third-order valence-corrected chi connectivity index (χ3v) is 10.4. The molecule has 3 saturated heterocycles. The molecule has 0 aliphatic carbocycles. The van der Waals surface area contributed by atoms with E-state index in [0.717, 1.165) is 16.7 Å². The maximum absolute atomic E-state index is 13.8. The number of hydrogen-bond acceptors (Lipinski definition) is 11. The van der Waals surface area contributed by atoms with Crippen LogP contribution in [0.3, 0.4) is 0 Å². The van der Waals surface area contributed by atoms with Gasteiger partial charge in [0.2, 0.25) is 17.7 Å². The lowest BCUT2D eigenvalue weighted by Crippen LogP contribution is -2.57. The van der Waals surface area contributed by atoms with E-state index < -0.39 is 47.2 Å². The molecule has 3 aromatic carbocycles. The number of nitrogens with one attached hydrogen (secondary N) is 3. The fourth-order valence-corrected chi connectivity index (χ4v) is 6.66. The third-order valence-electron chi connectivity index (χ3n) is 10.4. The molecule has 2 unspecified atom stereocenters. The van der Waals surface area contributed by atoms with Gasteiger partial charge in [-0.2, -0.15) is 0 Å². The summed E-state index contributed by atoms with van der Waals surface area (Å²) >= 11 is 0. The van der Waals surface area contributed by atoms with E-state index in [2.05, 4.69) is 16.0 Å². The lowest BCUT2D eigenvalue weighted by Gasteiger charge is -2.27. The minimum atomic E-state index is -1.02. The van der Waals surface area contributed by atoms with Crippen LogP contribution in [0.1, 0.15) is 58.2 Å². The van der Waals surface area contributed by atoms with Gasteiger partial charge in [0.25, 0.3) is 0 Å². The van der Waals surface area contributed by atoms with E-state index in [0.29, 0.717) is 45.1 Å². The van der Waals surface area contributed by atoms with E-state index in [4.69, 9.17) is 24.7 Å². The van der Waals surface area contributed by atoms with Crippen molar-refractivity contribution in [3.63, 3.8) is 0 Å². The van der Waals surface area contributed by atoms with Crippen LogP contribution in [0.5, 0.6) is 5.75 Å². The largest absolute Gasteiger partial charge is 0.488 e. The van der Waals surface area contributed by atoms with Crippen molar-refractivity contribution in [3.8, 4) is 5.75 Å². The number of Topliss-reactive ketones (excluding diaryl/α,β-unsaturated/α-hetero) is 2. The van der Waals surface area contributed by atoms with Crippen LogP contribution < -0.4 is 26.4 Å². The molecule has 0 saturated carbocycles. The van der Waals surface area contributed by atoms with Crippen LogP contribution in [0.4, 0.5) is 0 Å². The Morgan fingerprint density at radius 2 is 1.18 bits per heavy atom. The molecule has 14 nitrogen and oxygen atoms in total. The van der Waals surface area contributed by atoms with Gasteiger partial charge in [-0.15, -0.1) is 0 Å². The number of ether oxygens (including phenoxy) is 4. The molecule has 0 aromatic heterocycles. The van der Waals surface area contributed by atoms with E-state index in [1.165, 1.54) is 0 Å². The van der Waals surface area contributed by atoms with Crippen molar-refractivity contribution in [2.75, 3.05) is 46.1 Å². The zero-order valence-electron chi connectivity index (χ0n) is 35.7. The second-order valence-corrected chi connectivity index (χ2v) is 17.1. The van der Waals surface area contributed by atoms with Crippen LogP contribution in [-0.4, -0.2) is 121 Å². The summed E-state index contributed by atoms with van der Waals surface area (Å²) in [6.07, 6.45) is 1.01. The molecular weight excluding hydrogens is 767 g/mol. The Hall–Kier alpha value is -4.99. The molecule has 6 rings (SSSR count). The minimum absolute atomic E-state index is 0.00588. The highest BCUT2D eigenvalue weighted by Crippen LogP contribution is 2.30. The van der Waals surface area contributed by atoms with Crippen LogP contribution in [0.15, 0.2) is 84.9 Å². The van der Waals surface area contributed by atoms with Gasteiger partial charge in [-0.1, -0.05) is 72.8 Å². The molecule has 6 atom stereocenters. The van der Waals surface area contributed by atoms with E-state index in [1.807, 2.05) is 111 Å². The average Bonchev–Trinajstić information content (AvgIpc) is 4.16. The van der Waals surface area contributed by atoms with Gasteiger partial charge in [0.1, 0.15) is 34.6 Å². The highest BCUT2D eigenvalue weighted by Gasteiger charge is 2.50. The lowest BCUT2D eigenvalue weighted by molar-refractivity contribution is -0.134. The summed E-state index contributed by atoms with van der Waals surface area (Å²) in [5.41, 5.74) is 6.67. The van der Waals surface area contributed by atoms with Gasteiger partial charge in [0.05, 0.1) is 45.1 Å². The molecule has 14 heteroatoms. The molecule has 5 N–H and O–H groups in total. The number of ketones is 2. The number of epoxide rings is 2. The number of nitrogens with zero attached hydrogens (tertiary/aromatic N) is 1. The normalized spacial score (nSPS) is 21.7. The van der Waals surface area contributed by atoms with Gasteiger partial charge in [-0.05, 0) is 83.2 Å². The topological polar surface area (TPSA) is 194 Å². The molecule has 324 valence electrons. The Morgan fingerprint density at radius 3 is 1.72 bits per heavy atom. The van der Waals surface area contributed by atoms with Crippen molar-refractivity contribution in [3.05, 3.63) is 102 Å². The Kier molecular flexibility index (Phi) is 15.8. The molecule has 3 fully saturated rings.